The molecule has 1 atom stereocenters. The van der Waals surface area contributed by atoms with Crippen LogP contribution in [-0.4, -0.2) is 16.0 Å². The molecule has 2 aliphatic rings. The molecular formula is C27H22N4. The predicted octanol–water partition coefficient (Wildman–Crippen LogP) is 6.06. The van der Waals surface area contributed by atoms with E-state index in [2.05, 4.69) is 83.7 Å². The predicted molar refractivity (Wildman–Crippen MR) is 126 cm³/mol. The Bertz CT molecular complexity index is 1330. The lowest BCUT2D eigenvalue weighted by atomic mass is 9.80. The van der Waals surface area contributed by atoms with Crippen LogP contribution in [0.1, 0.15) is 28.4 Å². The van der Waals surface area contributed by atoms with Crippen LogP contribution in [0.5, 0.6) is 0 Å². The van der Waals surface area contributed by atoms with Gasteiger partial charge in [-0.2, -0.15) is 5.10 Å². The third-order valence-electron chi connectivity index (χ3n) is 6.18. The van der Waals surface area contributed by atoms with Crippen molar-refractivity contribution in [3.63, 3.8) is 0 Å². The standard InChI is InChI=1S/C27H22N4/c1-18-26-25(31(30-18)20-12-6-3-7-13-20)16-21(19-10-4-2-5-11-19)22-17-28-23-14-8-9-15-24(23)29-27(22)26/h2-15,17,21,29H,16H2,1H3/t21-/m1/s1. The largest absolute Gasteiger partial charge is 0.353 e. The van der Waals surface area contributed by atoms with E-state index in [-0.39, 0.29) is 5.92 Å². The van der Waals surface area contributed by atoms with Crippen molar-refractivity contribution in [2.45, 2.75) is 19.3 Å². The summed E-state index contributed by atoms with van der Waals surface area (Å²) in [5, 5.41) is 8.69. The first-order valence-corrected chi connectivity index (χ1v) is 10.6. The van der Waals surface area contributed by atoms with E-state index in [0.29, 0.717) is 0 Å². The van der Waals surface area contributed by atoms with Gasteiger partial charge in [-0.1, -0.05) is 60.7 Å². The fraction of sp³-hybridized carbons (Fsp3) is 0.111. The van der Waals surface area contributed by atoms with E-state index in [0.717, 1.165) is 34.9 Å². The molecule has 4 heteroatoms. The van der Waals surface area contributed by atoms with Gasteiger partial charge in [0.2, 0.25) is 0 Å². The zero-order chi connectivity index (χ0) is 20.8. The Morgan fingerprint density at radius 1 is 0.871 bits per heavy atom. The van der Waals surface area contributed by atoms with Crippen LogP contribution in [-0.2, 0) is 6.42 Å². The first-order chi connectivity index (χ1) is 15.3. The van der Waals surface area contributed by atoms with Crippen molar-refractivity contribution in [2.75, 3.05) is 5.32 Å². The molecule has 4 nitrogen and oxygen atoms in total. The smallest absolute Gasteiger partial charge is 0.0864 e. The van der Waals surface area contributed by atoms with Gasteiger partial charge in [-0.05, 0) is 36.8 Å². The minimum absolute atomic E-state index is 0.202. The zero-order valence-electron chi connectivity index (χ0n) is 17.3. The Kier molecular flexibility index (Phi) is 4.10. The van der Waals surface area contributed by atoms with Crippen LogP contribution >= 0.6 is 0 Å². The molecule has 6 rings (SSSR count). The van der Waals surface area contributed by atoms with Crippen molar-refractivity contribution >= 4 is 23.3 Å². The number of anilines is 1. The summed E-state index contributed by atoms with van der Waals surface area (Å²) in [5.74, 6) is 0.202. The lowest BCUT2D eigenvalue weighted by Crippen LogP contribution is -2.20. The molecule has 2 heterocycles. The Morgan fingerprint density at radius 3 is 2.39 bits per heavy atom. The number of hydrogen-bond acceptors (Lipinski definition) is 3. The number of nitrogens with zero attached hydrogens (tertiary/aromatic N) is 3. The Hall–Kier alpha value is -3.92. The molecule has 0 unspecified atom stereocenters. The van der Waals surface area contributed by atoms with E-state index in [1.54, 1.807) is 0 Å². The quantitative estimate of drug-likeness (QED) is 0.443. The summed E-state index contributed by atoms with van der Waals surface area (Å²) in [6, 6.07) is 29.3. The van der Waals surface area contributed by atoms with Crippen LogP contribution in [0.25, 0.3) is 11.4 Å². The second-order valence-corrected chi connectivity index (χ2v) is 8.05. The van der Waals surface area contributed by atoms with E-state index in [4.69, 9.17) is 10.1 Å². The molecule has 1 aliphatic heterocycles. The Labute approximate surface area is 181 Å². The summed E-state index contributed by atoms with van der Waals surface area (Å²) in [4.78, 5) is 4.84. The Balaban J connectivity index is 1.60. The van der Waals surface area contributed by atoms with Gasteiger partial charge in [-0.25, -0.2) is 4.68 Å². The number of rotatable bonds is 2. The molecule has 0 amide bonds. The van der Waals surface area contributed by atoms with Gasteiger partial charge in [0.25, 0.3) is 0 Å². The maximum absolute atomic E-state index is 4.97. The van der Waals surface area contributed by atoms with Gasteiger partial charge in [0, 0.05) is 29.7 Å². The molecule has 0 saturated carbocycles. The number of aliphatic imine (C=N–C) groups is 1. The first-order valence-electron chi connectivity index (χ1n) is 10.6. The maximum Gasteiger partial charge on any atom is 0.0864 e. The summed E-state index contributed by atoms with van der Waals surface area (Å²) in [7, 11) is 0. The van der Waals surface area contributed by atoms with Gasteiger partial charge in [0.05, 0.1) is 34.1 Å². The van der Waals surface area contributed by atoms with Gasteiger partial charge < -0.3 is 5.32 Å². The van der Waals surface area contributed by atoms with E-state index in [9.17, 15) is 0 Å². The topological polar surface area (TPSA) is 42.2 Å². The fourth-order valence-electron chi connectivity index (χ4n) is 4.73. The molecule has 0 bridgehead atoms. The highest BCUT2D eigenvalue weighted by Gasteiger charge is 2.34. The number of aromatic nitrogens is 2. The van der Waals surface area contributed by atoms with Crippen LogP contribution in [0.2, 0.25) is 0 Å². The second kappa shape index (κ2) is 7.10. The monoisotopic (exact) mass is 402 g/mol. The molecule has 0 spiro atoms. The van der Waals surface area contributed by atoms with Gasteiger partial charge in [-0.15, -0.1) is 0 Å². The van der Waals surface area contributed by atoms with Gasteiger partial charge in [0.1, 0.15) is 0 Å². The van der Waals surface area contributed by atoms with Gasteiger partial charge in [-0.3, -0.25) is 4.99 Å². The van der Waals surface area contributed by atoms with Crippen LogP contribution < -0.4 is 5.32 Å². The molecule has 4 aromatic rings. The van der Waals surface area contributed by atoms with Crippen molar-refractivity contribution in [3.05, 3.63) is 113 Å². The van der Waals surface area contributed by atoms with Crippen LogP contribution in [0.4, 0.5) is 11.4 Å². The number of para-hydroxylation sites is 3. The van der Waals surface area contributed by atoms with Crippen LogP contribution in [0.15, 0.2) is 95.5 Å². The fourth-order valence-corrected chi connectivity index (χ4v) is 4.73. The van der Waals surface area contributed by atoms with Crippen molar-refractivity contribution in [1.82, 2.24) is 9.78 Å². The average Bonchev–Trinajstić information content (AvgIpc) is 3.03. The number of benzene rings is 3. The molecule has 0 saturated heterocycles. The summed E-state index contributed by atoms with van der Waals surface area (Å²) in [5.41, 5.74) is 10.1. The molecular weight excluding hydrogens is 380 g/mol. The first kappa shape index (κ1) is 17.9. The van der Waals surface area contributed by atoms with E-state index < -0.39 is 0 Å². The van der Waals surface area contributed by atoms with Gasteiger partial charge in [0.15, 0.2) is 0 Å². The van der Waals surface area contributed by atoms with Crippen molar-refractivity contribution in [2.24, 2.45) is 4.99 Å². The summed E-state index contributed by atoms with van der Waals surface area (Å²) in [6.07, 6.45) is 2.92. The van der Waals surface area contributed by atoms with Crippen molar-refractivity contribution in [1.29, 1.82) is 0 Å². The van der Waals surface area contributed by atoms with Crippen molar-refractivity contribution in [3.8, 4) is 5.69 Å². The Morgan fingerprint density at radius 2 is 1.58 bits per heavy atom. The molecule has 1 N–H and O–H groups in total. The summed E-state index contributed by atoms with van der Waals surface area (Å²) in [6.45, 7) is 2.10. The molecule has 0 fully saturated rings. The maximum atomic E-state index is 4.97. The second-order valence-electron chi connectivity index (χ2n) is 8.05. The highest BCUT2D eigenvalue weighted by atomic mass is 15.3. The summed E-state index contributed by atoms with van der Waals surface area (Å²) >= 11 is 0. The van der Waals surface area contributed by atoms with E-state index >= 15 is 0 Å². The third kappa shape index (κ3) is 2.91. The van der Waals surface area contributed by atoms with Gasteiger partial charge >= 0.3 is 0 Å². The van der Waals surface area contributed by atoms with Crippen LogP contribution in [0.3, 0.4) is 0 Å². The summed E-state index contributed by atoms with van der Waals surface area (Å²) < 4.78 is 2.11. The van der Waals surface area contributed by atoms with E-state index in [1.807, 2.05) is 24.4 Å². The van der Waals surface area contributed by atoms with Crippen molar-refractivity contribution < 1.29 is 0 Å². The number of allylic oxidation sites excluding steroid dienone is 1. The molecule has 0 radical (unpaired) electrons. The molecule has 150 valence electrons. The highest BCUT2D eigenvalue weighted by Crippen LogP contribution is 2.44. The SMILES string of the molecule is Cc1nn(-c2ccccc2)c2c1C1=C(C=Nc3ccccc3N1)[C@@H](c1ccccc1)C2. The molecule has 1 aromatic heterocycles. The minimum Gasteiger partial charge on any atom is -0.353 e. The lowest BCUT2D eigenvalue weighted by Gasteiger charge is -2.28. The average molecular weight is 403 g/mol. The zero-order valence-corrected chi connectivity index (χ0v) is 17.3. The third-order valence-corrected chi connectivity index (χ3v) is 6.18. The number of aryl methyl sites for hydroxylation is 1. The van der Waals surface area contributed by atoms with E-state index in [1.165, 1.54) is 22.4 Å². The highest BCUT2D eigenvalue weighted by molar-refractivity contribution is 6.02. The minimum atomic E-state index is 0.202. The number of fused-ring (bicyclic) bond motifs is 3. The number of hydrogen-bond donors (Lipinski definition) is 1. The lowest BCUT2D eigenvalue weighted by molar-refractivity contribution is 0.723. The molecule has 1 aliphatic carbocycles. The molecule has 3 aromatic carbocycles. The molecule has 31 heavy (non-hydrogen) atoms. The number of nitrogens with one attached hydrogen (secondary N) is 1. The van der Waals surface area contributed by atoms with Crippen LogP contribution in [0, 0.1) is 6.92 Å². The normalized spacial score (nSPS) is 16.7.